The Kier molecular flexibility index (Phi) is 7.67. The van der Waals surface area contributed by atoms with Crippen LogP contribution in [0.15, 0.2) is 42.6 Å². The molecule has 1 fully saturated rings. The molecule has 0 spiro atoms. The number of carbonyl (C=O) groups is 1. The van der Waals surface area contributed by atoms with Gasteiger partial charge in [-0.25, -0.2) is 4.79 Å². The largest absolute Gasteiger partial charge is 0.432 e. The van der Waals surface area contributed by atoms with Crippen molar-refractivity contribution < 1.29 is 27.1 Å². The molecule has 2 unspecified atom stereocenters. The molecule has 2 aromatic rings. The molecule has 0 radical (unpaired) electrons. The van der Waals surface area contributed by atoms with Gasteiger partial charge in [-0.2, -0.15) is 17.6 Å². The van der Waals surface area contributed by atoms with Crippen LogP contribution >= 0.6 is 11.3 Å². The normalized spacial score (nSPS) is 21.4. The van der Waals surface area contributed by atoms with Crippen LogP contribution < -0.4 is 5.73 Å². The number of nitrogens with zero attached hydrogens (tertiary/aromatic N) is 2. The molecule has 1 aliphatic heterocycles. The molecule has 0 aromatic carbocycles. The summed E-state index contributed by atoms with van der Waals surface area (Å²) in [6.45, 7) is 7.49. The summed E-state index contributed by atoms with van der Waals surface area (Å²) in [7, 11) is 0. The summed E-state index contributed by atoms with van der Waals surface area (Å²) in [5.74, 6) is 0. The number of carbonyl (C=O) groups excluding carboxylic acids is 1. The molecule has 3 rings (SSSR count). The number of rotatable bonds is 8. The van der Waals surface area contributed by atoms with E-state index in [4.69, 9.17) is 10.5 Å². The SMILES string of the molecule is C/C=C\C(OC(N)=O)(C(F)(F)F)C1(CCc2ccc(F)s2)CCN(C(C)(C)c2ccc(C)nc2)C1. The molecule has 1 aliphatic rings. The van der Waals surface area contributed by atoms with Crippen molar-refractivity contribution in [1.29, 1.82) is 0 Å². The molecule has 0 aliphatic carbocycles. The fraction of sp³-hybridized carbons (Fsp3) is 0.520. The van der Waals surface area contributed by atoms with Crippen molar-refractivity contribution in [3.63, 3.8) is 0 Å². The second-order valence-corrected chi connectivity index (χ2v) is 10.7. The first-order valence-corrected chi connectivity index (χ1v) is 12.2. The number of pyridine rings is 1. The Labute approximate surface area is 207 Å². The van der Waals surface area contributed by atoms with Gasteiger partial charge in [-0.1, -0.05) is 12.1 Å². The first-order valence-electron chi connectivity index (χ1n) is 11.4. The highest BCUT2D eigenvalue weighted by Crippen LogP contribution is 2.56. The number of allylic oxidation sites excluding steroid dienone is 1. The predicted octanol–water partition coefficient (Wildman–Crippen LogP) is 6.12. The van der Waals surface area contributed by atoms with Gasteiger partial charge in [0.1, 0.15) is 0 Å². The van der Waals surface area contributed by atoms with Crippen molar-refractivity contribution in [2.24, 2.45) is 11.1 Å². The van der Waals surface area contributed by atoms with Crippen LogP contribution in [0.3, 0.4) is 0 Å². The molecule has 1 amide bonds. The van der Waals surface area contributed by atoms with Crippen LogP contribution in [0.2, 0.25) is 0 Å². The molecule has 35 heavy (non-hydrogen) atoms. The van der Waals surface area contributed by atoms with E-state index < -0.39 is 34.0 Å². The number of halogens is 4. The van der Waals surface area contributed by atoms with Crippen LogP contribution in [0.25, 0.3) is 0 Å². The molecule has 2 atom stereocenters. The second-order valence-electron chi connectivity index (χ2n) is 9.56. The van der Waals surface area contributed by atoms with Crippen molar-refractivity contribution in [2.75, 3.05) is 13.1 Å². The third-order valence-corrected chi connectivity index (χ3v) is 8.05. The molecule has 10 heteroatoms. The number of primary amides is 1. The quantitative estimate of drug-likeness (QED) is 0.341. The Morgan fingerprint density at radius 3 is 2.51 bits per heavy atom. The van der Waals surface area contributed by atoms with E-state index in [-0.39, 0.29) is 25.8 Å². The molecule has 1 saturated heterocycles. The minimum absolute atomic E-state index is 0.0150. The minimum Gasteiger partial charge on any atom is -0.428 e. The maximum absolute atomic E-state index is 14.9. The highest BCUT2D eigenvalue weighted by Gasteiger charge is 2.70. The van der Waals surface area contributed by atoms with Gasteiger partial charge in [0.2, 0.25) is 5.60 Å². The van der Waals surface area contributed by atoms with Crippen LogP contribution in [0, 0.1) is 17.5 Å². The number of amides is 1. The van der Waals surface area contributed by atoms with Crippen LogP contribution in [-0.2, 0) is 16.7 Å². The molecule has 0 bridgehead atoms. The average molecular weight is 514 g/mol. The van der Waals surface area contributed by atoms with Crippen molar-refractivity contribution in [3.8, 4) is 0 Å². The van der Waals surface area contributed by atoms with E-state index in [0.717, 1.165) is 28.7 Å². The number of alkyl halides is 3. The molecule has 0 saturated carbocycles. The maximum atomic E-state index is 14.9. The van der Waals surface area contributed by atoms with E-state index in [1.165, 1.54) is 19.1 Å². The monoisotopic (exact) mass is 513 g/mol. The summed E-state index contributed by atoms with van der Waals surface area (Å²) in [6, 6.07) is 6.65. The number of thiophene rings is 1. The topological polar surface area (TPSA) is 68.5 Å². The predicted molar refractivity (Wildman–Crippen MR) is 127 cm³/mol. The summed E-state index contributed by atoms with van der Waals surface area (Å²) in [5, 5.41) is -0.404. The number of hydrogen-bond donors (Lipinski definition) is 1. The number of aromatic nitrogens is 1. The minimum atomic E-state index is -4.93. The van der Waals surface area contributed by atoms with Crippen LogP contribution in [0.1, 0.15) is 49.7 Å². The lowest BCUT2D eigenvalue weighted by molar-refractivity contribution is -0.277. The summed E-state index contributed by atoms with van der Waals surface area (Å²) in [6.07, 6.45) is -2.25. The molecule has 5 nitrogen and oxygen atoms in total. The number of ether oxygens (including phenoxy) is 1. The fourth-order valence-electron chi connectivity index (χ4n) is 5.07. The first kappa shape index (κ1) is 27.1. The zero-order valence-electron chi connectivity index (χ0n) is 20.3. The van der Waals surface area contributed by atoms with Crippen molar-refractivity contribution in [2.45, 2.75) is 64.3 Å². The van der Waals surface area contributed by atoms with Gasteiger partial charge in [-0.05, 0) is 83.3 Å². The van der Waals surface area contributed by atoms with E-state index in [9.17, 15) is 22.4 Å². The molecule has 2 aromatic heterocycles. The van der Waals surface area contributed by atoms with Crippen molar-refractivity contribution >= 4 is 17.4 Å². The summed E-state index contributed by atoms with van der Waals surface area (Å²) in [5.41, 5.74) is 1.77. The standard InChI is InChI=1S/C25H31F4N3O2S/c1-5-11-24(25(27,28)29,34-21(30)33)23(12-10-19-8-9-20(26)35-19)13-14-32(16-23)22(3,4)18-7-6-17(2)31-15-18/h5-9,11,15H,10,12-14,16H2,1-4H3,(H2,30,33)/b11-5-. The number of likely N-dealkylation sites (tertiary alicyclic amines) is 1. The maximum Gasteiger partial charge on any atom is 0.432 e. The summed E-state index contributed by atoms with van der Waals surface area (Å²) >= 11 is 0.899. The Hall–Kier alpha value is -2.46. The number of hydrogen-bond acceptors (Lipinski definition) is 5. The third-order valence-electron chi connectivity index (χ3n) is 7.11. The lowest BCUT2D eigenvalue weighted by Crippen LogP contribution is -2.62. The molecular formula is C25H31F4N3O2S. The lowest BCUT2D eigenvalue weighted by atomic mass is 9.66. The van der Waals surface area contributed by atoms with E-state index in [1.54, 1.807) is 12.3 Å². The van der Waals surface area contributed by atoms with E-state index in [0.29, 0.717) is 11.4 Å². The smallest absolute Gasteiger partial charge is 0.428 e. The second kappa shape index (κ2) is 9.89. The van der Waals surface area contributed by atoms with Crippen LogP contribution in [0.5, 0.6) is 0 Å². The van der Waals surface area contributed by atoms with Crippen LogP contribution in [-0.4, -0.2) is 40.8 Å². The highest BCUT2D eigenvalue weighted by molar-refractivity contribution is 7.10. The molecule has 2 N–H and O–H groups in total. The lowest BCUT2D eigenvalue weighted by Gasteiger charge is -2.47. The van der Waals surface area contributed by atoms with E-state index in [2.05, 4.69) is 4.98 Å². The van der Waals surface area contributed by atoms with Crippen LogP contribution in [0.4, 0.5) is 22.4 Å². The van der Waals surface area contributed by atoms with Gasteiger partial charge in [-0.3, -0.25) is 9.88 Å². The van der Waals surface area contributed by atoms with Gasteiger partial charge >= 0.3 is 12.3 Å². The number of nitrogens with two attached hydrogens (primary N) is 1. The Balaban J connectivity index is 2.09. The molecule has 192 valence electrons. The Bertz CT molecular complexity index is 1070. The fourth-order valence-corrected chi connectivity index (χ4v) is 5.80. The van der Waals surface area contributed by atoms with Gasteiger partial charge in [0.05, 0.1) is 0 Å². The Morgan fingerprint density at radius 1 is 1.29 bits per heavy atom. The highest BCUT2D eigenvalue weighted by atomic mass is 32.1. The van der Waals surface area contributed by atoms with Gasteiger partial charge in [0.15, 0.2) is 5.13 Å². The molecule has 3 heterocycles. The Morgan fingerprint density at radius 2 is 2.00 bits per heavy atom. The van der Waals surface area contributed by atoms with E-state index in [1.807, 2.05) is 37.8 Å². The van der Waals surface area contributed by atoms with Gasteiger partial charge in [0, 0.05) is 34.3 Å². The summed E-state index contributed by atoms with van der Waals surface area (Å²) < 4.78 is 63.2. The average Bonchev–Trinajstić information content (AvgIpc) is 3.39. The zero-order valence-corrected chi connectivity index (χ0v) is 21.1. The third kappa shape index (κ3) is 5.23. The molecular weight excluding hydrogens is 482 g/mol. The summed E-state index contributed by atoms with van der Waals surface area (Å²) in [4.78, 5) is 18.8. The van der Waals surface area contributed by atoms with Crippen molar-refractivity contribution in [1.82, 2.24) is 9.88 Å². The first-order chi connectivity index (χ1) is 16.3. The van der Waals surface area contributed by atoms with Gasteiger partial charge in [0.25, 0.3) is 0 Å². The number of aryl methyl sites for hydroxylation is 2. The van der Waals surface area contributed by atoms with Gasteiger partial charge in [-0.15, -0.1) is 11.3 Å². The van der Waals surface area contributed by atoms with E-state index >= 15 is 0 Å². The van der Waals surface area contributed by atoms with Crippen molar-refractivity contribution in [3.05, 3.63) is 63.9 Å². The van der Waals surface area contributed by atoms with Gasteiger partial charge < -0.3 is 10.5 Å². The zero-order chi connectivity index (χ0) is 26.1.